The first kappa shape index (κ1) is 14.3. The van der Waals surface area contributed by atoms with Crippen molar-refractivity contribution < 1.29 is 4.74 Å². The van der Waals surface area contributed by atoms with Crippen LogP contribution >= 0.6 is 0 Å². The van der Waals surface area contributed by atoms with Crippen molar-refractivity contribution in [2.45, 2.75) is 33.4 Å². The van der Waals surface area contributed by atoms with Gasteiger partial charge in [0.15, 0.2) is 5.96 Å². The molecule has 100 valence electrons. The number of hydrogen-bond acceptors (Lipinski definition) is 3. The summed E-state index contributed by atoms with van der Waals surface area (Å²) in [5.41, 5.74) is 1.02. The lowest BCUT2D eigenvalue weighted by atomic mass is 10.2. The molecule has 1 aromatic heterocycles. The van der Waals surface area contributed by atoms with E-state index in [4.69, 9.17) is 4.74 Å². The summed E-state index contributed by atoms with van der Waals surface area (Å²) >= 11 is 0. The lowest BCUT2D eigenvalue weighted by Gasteiger charge is -2.15. The molecule has 0 amide bonds. The molecule has 18 heavy (non-hydrogen) atoms. The molecule has 0 fully saturated rings. The third-order valence-electron chi connectivity index (χ3n) is 2.23. The largest absolute Gasteiger partial charge is 0.478 e. The monoisotopic (exact) mass is 250 g/mol. The zero-order valence-corrected chi connectivity index (χ0v) is 11.5. The predicted molar refractivity (Wildman–Crippen MR) is 73.9 cm³/mol. The van der Waals surface area contributed by atoms with E-state index in [-0.39, 0.29) is 0 Å². The van der Waals surface area contributed by atoms with Crippen LogP contribution in [-0.4, -0.2) is 30.6 Å². The van der Waals surface area contributed by atoms with E-state index in [0.29, 0.717) is 25.1 Å². The number of aliphatic imine (C=N–C) groups is 1. The highest BCUT2D eigenvalue weighted by atomic mass is 16.5. The Balaban J connectivity index is 2.62. The summed E-state index contributed by atoms with van der Waals surface area (Å²) in [4.78, 5) is 8.36. The summed E-state index contributed by atoms with van der Waals surface area (Å²) in [5, 5.41) is 6.46. The molecule has 1 heterocycles. The molecule has 0 unspecified atom stereocenters. The van der Waals surface area contributed by atoms with Crippen molar-refractivity contribution in [1.82, 2.24) is 15.6 Å². The highest BCUT2D eigenvalue weighted by Crippen LogP contribution is 2.13. The summed E-state index contributed by atoms with van der Waals surface area (Å²) in [6.07, 6.45) is 1.73. The second-order valence-electron chi connectivity index (χ2n) is 4.13. The van der Waals surface area contributed by atoms with E-state index >= 15 is 0 Å². The van der Waals surface area contributed by atoms with Crippen LogP contribution in [0.5, 0.6) is 5.88 Å². The summed E-state index contributed by atoms with van der Waals surface area (Å²) in [6, 6.07) is 4.24. The molecule has 0 bridgehead atoms. The normalized spacial score (nSPS) is 11.5. The van der Waals surface area contributed by atoms with Crippen LogP contribution in [0.1, 0.15) is 26.3 Å². The van der Waals surface area contributed by atoms with Crippen molar-refractivity contribution in [1.29, 1.82) is 0 Å². The lowest BCUT2D eigenvalue weighted by molar-refractivity contribution is 0.322. The third-order valence-corrected chi connectivity index (χ3v) is 2.23. The van der Waals surface area contributed by atoms with Crippen molar-refractivity contribution in [3.05, 3.63) is 23.9 Å². The fraction of sp³-hybridized carbons (Fsp3) is 0.538. The van der Waals surface area contributed by atoms with E-state index in [9.17, 15) is 0 Å². The summed E-state index contributed by atoms with van der Waals surface area (Å²) in [6.45, 7) is 7.34. The van der Waals surface area contributed by atoms with Gasteiger partial charge >= 0.3 is 0 Å². The van der Waals surface area contributed by atoms with Crippen molar-refractivity contribution in [3.8, 4) is 5.88 Å². The van der Waals surface area contributed by atoms with Crippen LogP contribution in [0.4, 0.5) is 0 Å². The van der Waals surface area contributed by atoms with Gasteiger partial charge in [-0.1, -0.05) is 6.07 Å². The number of nitrogens with one attached hydrogen (secondary N) is 2. The summed E-state index contributed by atoms with van der Waals surface area (Å²) in [7, 11) is 1.75. The first-order chi connectivity index (χ1) is 8.67. The van der Waals surface area contributed by atoms with E-state index in [2.05, 4.69) is 34.5 Å². The second-order valence-corrected chi connectivity index (χ2v) is 4.13. The molecule has 0 aromatic carbocycles. The number of rotatable bonds is 5. The lowest BCUT2D eigenvalue weighted by Crippen LogP contribution is -2.40. The second kappa shape index (κ2) is 7.53. The van der Waals surface area contributed by atoms with Crippen molar-refractivity contribution >= 4 is 5.96 Å². The van der Waals surface area contributed by atoms with Gasteiger partial charge in [-0.05, 0) is 26.8 Å². The highest BCUT2D eigenvalue weighted by Gasteiger charge is 2.05. The maximum absolute atomic E-state index is 5.47. The number of ether oxygens (including phenoxy) is 1. The quantitative estimate of drug-likeness (QED) is 0.615. The van der Waals surface area contributed by atoms with Crippen LogP contribution in [0.15, 0.2) is 23.3 Å². The molecule has 0 atom stereocenters. The maximum Gasteiger partial charge on any atom is 0.218 e. The first-order valence-corrected chi connectivity index (χ1v) is 6.21. The molecule has 1 rings (SSSR count). The standard InChI is InChI=1S/C13H22N4O/c1-5-18-12-11(7-6-8-15-12)9-16-13(14-4)17-10(2)3/h6-8,10H,5,9H2,1-4H3,(H2,14,16,17). The van der Waals surface area contributed by atoms with Crippen LogP contribution < -0.4 is 15.4 Å². The van der Waals surface area contributed by atoms with Gasteiger partial charge in [0.05, 0.1) is 6.61 Å². The fourth-order valence-corrected chi connectivity index (χ4v) is 1.47. The highest BCUT2D eigenvalue weighted by molar-refractivity contribution is 5.79. The molecule has 0 radical (unpaired) electrons. The van der Waals surface area contributed by atoms with Gasteiger partial charge in [-0.3, -0.25) is 4.99 Å². The minimum absolute atomic E-state index is 0.344. The van der Waals surface area contributed by atoms with Crippen LogP contribution in [0, 0.1) is 0 Å². The Bertz CT molecular complexity index is 390. The molecule has 2 N–H and O–H groups in total. The average Bonchev–Trinajstić information content (AvgIpc) is 2.36. The molecule has 0 aliphatic carbocycles. The number of guanidine groups is 1. The molecule has 0 aliphatic heterocycles. The van der Waals surface area contributed by atoms with Gasteiger partial charge in [-0.15, -0.1) is 0 Å². The number of pyridine rings is 1. The molecular formula is C13H22N4O. The molecular weight excluding hydrogens is 228 g/mol. The van der Waals surface area contributed by atoms with E-state index in [1.54, 1.807) is 13.2 Å². The Morgan fingerprint density at radius 2 is 2.28 bits per heavy atom. The average molecular weight is 250 g/mol. The van der Waals surface area contributed by atoms with Crippen molar-refractivity contribution in [2.75, 3.05) is 13.7 Å². The van der Waals surface area contributed by atoms with Crippen molar-refractivity contribution in [3.63, 3.8) is 0 Å². The number of hydrogen-bond donors (Lipinski definition) is 2. The summed E-state index contributed by atoms with van der Waals surface area (Å²) in [5.74, 6) is 1.45. The SMILES string of the molecule is CCOc1ncccc1CNC(=NC)NC(C)C. The Morgan fingerprint density at radius 1 is 1.50 bits per heavy atom. The van der Waals surface area contributed by atoms with E-state index in [0.717, 1.165) is 11.5 Å². The van der Waals surface area contributed by atoms with Gasteiger partial charge in [-0.2, -0.15) is 0 Å². The molecule has 0 aliphatic rings. The van der Waals surface area contributed by atoms with Crippen LogP contribution in [0.2, 0.25) is 0 Å². The van der Waals surface area contributed by atoms with Gasteiger partial charge in [0.25, 0.3) is 0 Å². The molecule has 0 spiro atoms. The molecule has 0 saturated carbocycles. The van der Waals surface area contributed by atoms with Crippen molar-refractivity contribution in [2.24, 2.45) is 4.99 Å². The van der Waals surface area contributed by atoms with E-state index < -0.39 is 0 Å². The third kappa shape index (κ3) is 4.61. The van der Waals surface area contributed by atoms with E-state index in [1.807, 2.05) is 19.1 Å². The fourth-order valence-electron chi connectivity index (χ4n) is 1.47. The van der Waals surface area contributed by atoms with Gasteiger partial charge in [-0.25, -0.2) is 4.98 Å². The zero-order valence-electron chi connectivity index (χ0n) is 11.5. The molecule has 0 saturated heterocycles. The minimum atomic E-state index is 0.344. The predicted octanol–water partition coefficient (Wildman–Crippen LogP) is 1.55. The van der Waals surface area contributed by atoms with Gasteiger partial charge in [0.1, 0.15) is 0 Å². The Kier molecular flexibility index (Phi) is 5.97. The van der Waals surface area contributed by atoms with Crippen LogP contribution in [-0.2, 0) is 6.54 Å². The van der Waals surface area contributed by atoms with Crippen LogP contribution in [0.3, 0.4) is 0 Å². The Labute approximate surface area is 109 Å². The topological polar surface area (TPSA) is 58.5 Å². The molecule has 1 aromatic rings. The summed E-state index contributed by atoms with van der Waals surface area (Å²) < 4.78 is 5.47. The minimum Gasteiger partial charge on any atom is -0.478 e. The number of aromatic nitrogens is 1. The number of nitrogens with zero attached hydrogens (tertiary/aromatic N) is 2. The van der Waals surface area contributed by atoms with Gasteiger partial charge in [0, 0.05) is 31.4 Å². The van der Waals surface area contributed by atoms with Gasteiger partial charge < -0.3 is 15.4 Å². The first-order valence-electron chi connectivity index (χ1n) is 6.21. The van der Waals surface area contributed by atoms with Gasteiger partial charge in [0.2, 0.25) is 5.88 Å². The van der Waals surface area contributed by atoms with E-state index in [1.165, 1.54) is 0 Å². The molecule has 5 heteroatoms. The zero-order chi connectivity index (χ0) is 13.4. The van der Waals surface area contributed by atoms with Crippen LogP contribution in [0.25, 0.3) is 0 Å². The smallest absolute Gasteiger partial charge is 0.218 e. The molecule has 5 nitrogen and oxygen atoms in total. The Hall–Kier alpha value is -1.78. The maximum atomic E-state index is 5.47. The Morgan fingerprint density at radius 3 is 2.89 bits per heavy atom.